The number of carbonyl (C=O) groups excluding carboxylic acids is 1. The number of aryl methyl sites for hydroxylation is 1. The first kappa shape index (κ1) is 48.9. The van der Waals surface area contributed by atoms with Gasteiger partial charge in [-0.15, -0.1) is 0 Å². The summed E-state index contributed by atoms with van der Waals surface area (Å²) in [7, 11) is 1.22. The summed E-state index contributed by atoms with van der Waals surface area (Å²) in [6.07, 6.45) is -4.50. The number of aliphatic hydroxyl groups excluding tert-OH is 1. The Hall–Kier alpha value is -2.74. The number of carbonyl (C=O) groups is 1. The molecule has 1 aromatic carbocycles. The van der Waals surface area contributed by atoms with Crippen LogP contribution in [0.4, 0.5) is 0 Å². The smallest absolute Gasteiger partial charge is 0.337 e. The lowest BCUT2D eigenvalue weighted by Crippen LogP contribution is -2.66. The average Bonchev–Trinajstić information content (AvgIpc) is 3.23. The predicted molar refractivity (Wildman–Crippen MR) is 217 cm³/mol. The van der Waals surface area contributed by atoms with Gasteiger partial charge in [-0.3, -0.25) is 0 Å². The van der Waals surface area contributed by atoms with E-state index >= 15 is 0 Å². The van der Waals surface area contributed by atoms with Crippen LogP contribution in [0.1, 0.15) is 84.6 Å². The first-order valence-corrected chi connectivity index (χ1v) is 21.9. The van der Waals surface area contributed by atoms with E-state index in [9.17, 15) is 21.0 Å². The topological polar surface area (TPSA) is 227 Å². The zero-order chi connectivity index (χ0) is 42.6. The molecule has 19 heteroatoms. The fraction of sp³-hybridized carbons (Fsp3) is 0.825. The molecule has 0 saturated carbocycles. The molecule has 0 aromatic heterocycles. The molecular weight excluding hydrogens is 789 g/mol. The summed E-state index contributed by atoms with van der Waals surface area (Å²) in [4.78, 5) is 20.7. The molecule has 4 unspecified atom stereocenters. The van der Waals surface area contributed by atoms with Crippen LogP contribution in [0, 0.1) is 6.92 Å². The number of azide groups is 2. The van der Waals surface area contributed by atoms with Crippen molar-refractivity contribution >= 4 is 17.7 Å². The van der Waals surface area contributed by atoms with Gasteiger partial charge in [0.1, 0.15) is 48.0 Å². The third kappa shape index (κ3) is 14.1. The molecular formula is C40H64N6O12S. The maximum Gasteiger partial charge on any atom is 0.337 e. The summed E-state index contributed by atoms with van der Waals surface area (Å²) in [5.41, 5.74) is 19.6. The van der Waals surface area contributed by atoms with Gasteiger partial charge in [-0.2, -0.15) is 0 Å². The first-order valence-electron chi connectivity index (χ1n) is 21.0. The molecule has 18 nitrogen and oxygen atoms in total. The van der Waals surface area contributed by atoms with E-state index in [0.717, 1.165) is 49.0 Å². The lowest BCUT2D eigenvalue weighted by Gasteiger charge is -2.48. The van der Waals surface area contributed by atoms with Crippen molar-refractivity contribution in [1.82, 2.24) is 0 Å². The molecule has 1 N–H and O–H groups in total. The van der Waals surface area contributed by atoms with Gasteiger partial charge in [-0.1, -0.05) is 93.1 Å². The minimum absolute atomic E-state index is 0.0672. The number of benzene rings is 1. The quantitative estimate of drug-likeness (QED) is 0.0347. The Labute approximate surface area is 351 Å². The number of aliphatic hydroxyl groups is 1. The molecule has 3 aliphatic heterocycles. The zero-order valence-corrected chi connectivity index (χ0v) is 36.1. The average molecular weight is 853 g/mol. The number of hydrogen-bond donors (Lipinski definition) is 1. The highest BCUT2D eigenvalue weighted by molar-refractivity contribution is 7.99. The second-order valence-electron chi connectivity index (χ2n) is 14.8. The molecule has 332 valence electrons. The molecule has 3 aliphatic rings. The van der Waals surface area contributed by atoms with Crippen LogP contribution >= 0.6 is 11.8 Å². The van der Waals surface area contributed by atoms with Crippen LogP contribution in [-0.2, 0) is 52.2 Å². The standard InChI is InChI=1S/C40H64N6O12S/c1-7-11-19-50-28-24-54-38(30(44-46-42)32(28)51-20-12-8-2)57-34-33(52-21-13-9-3)36(53-22-14-10-4)39(58-35(34)37(48)49-6)56-27-23-55-40(29(31(27)47)43-45-41)59-26-17-15-25(5)16-18-26/h15-18,27-36,38-40,47H,7-14,19-24H2,1-6H3/t27-,28-,29+,30+,31?,32?,33?,34+,35?,36+,38-,39-,40+/m1/s1. The Morgan fingerprint density at radius 2 is 1.31 bits per heavy atom. The van der Waals surface area contributed by atoms with E-state index < -0.39 is 84.9 Å². The molecule has 13 atom stereocenters. The lowest BCUT2D eigenvalue weighted by atomic mass is 9.96. The molecule has 0 spiro atoms. The molecule has 0 amide bonds. The van der Waals surface area contributed by atoms with Crippen LogP contribution in [0.5, 0.6) is 0 Å². The van der Waals surface area contributed by atoms with Crippen molar-refractivity contribution in [3.8, 4) is 0 Å². The molecule has 1 aromatic rings. The number of hydrogen-bond acceptors (Lipinski definition) is 15. The summed E-state index contributed by atoms with van der Waals surface area (Å²) >= 11 is 1.32. The van der Waals surface area contributed by atoms with E-state index in [1.165, 1.54) is 18.9 Å². The number of unbranched alkanes of at least 4 members (excludes halogenated alkanes) is 4. The highest BCUT2D eigenvalue weighted by Crippen LogP contribution is 2.38. The van der Waals surface area contributed by atoms with E-state index in [2.05, 4.69) is 27.0 Å². The Bertz CT molecular complexity index is 1470. The molecule has 3 fully saturated rings. The second-order valence-corrected chi connectivity index (χ2v) is 15.9. The van der Waals surface area contributed by atoms with Crippen LogP contribution < -0.4 is 0 Å². The van der Waals surface area contributed by atoms with Gasteiger partial charge in [0.25, 0.3) is 0 Å². The number of methoxy groups -OCH3 is 1. The van der Waals surface area contributed by atoms with E-state index in [4.69, 9.17) is 47.4 Å². The van der Waals surface area contributed by atoms with Crippen LogP contribution in [-0.4, -0.2) is 137 Å². The Kier molecular flexibility index (Phi) is 22.0. The van der Waals surface area contributed by atoms with E-state index in [-0.39, 0.29) is 26.4 Å². The number of ether oxygens (including phenoxy) is 10. The lowest BCUT2D eigenvalue weighted by molar-refractivity contribution is -0.354. The van der Waals surface area contributed by atoms with Gasteiger partial charge in [0.15, 0.2) is 18.7 Å². The highest BCUT2D eigenvalue weighted by atomic mass is 32.2. The third-order valence-electron chi connectivity index (χ3n) is 10.3. The van der Waals surface area contributed by atoms with Crippen LogP contribution in [0.2, 0.25) is 0 Å². The van der Waals surface area contributed by atoms with Gasteiger partial charge in [-0.05, 0) is 55.8 Å². The van der Waals surface area contributed by atoms with E-state index in [1.54, 1.807) is 0 Å². The molecule has 0 aliphatic carbocycles. The minimum atomic E-state index is -1.46. The van der Waals surface area contributed by atoms with Crippen molar-refractivity contribution in [2.24, 2.45) is 10.2 Å². The Morgan fingerprint density at radius 3 is 1.90 bits per heavy atom. The van der Waals surface area contributed by atoms with Gasteiger partial charge >= 0.3 is 5.97 Å². The normalized spacial score (nSPS) is 32.2. The summed E-state index contributed by atoms with van der Waals surface area (Å²) in [6.45, 7) is 11.5. The summed E-state index contributed by atoms with van der Waals surface area (Å²) in [5, 5.41) is 19.7. The van der Waals surface area contributed by atoms with E-state index in [1.807, 2.05) is 52.0 Å². The largest absolute Gasteiger partial charge is 0.467 e. The van der Waals surface area contributed by atoms with Crippen molar-refractivity contribution in [2.45, 2.75) is 170 Å². The van der Waals surface area contributed by atoms with E-state index in [0.29, 0.717) is 26.1 Å². The molecule has 0 radical (unpaired) electrons. The van der Waals surface area contributed by atoms with Crippen molar-refractivity contribution in [1.29, 1.82) is 0 Å². The van der Waals surface area contributed by atoms with Crippen LogP contribution in [0.15, 0.2) is 39.4 Å². The Balaban J connectivity index is 1.67. The number of nitrogens with zero attached hydrogens (tertiary/aromatic N) is 6. The third-order valence-corrected chi connectivity index (χ3v) is 11.5. The monoisotopic (exact) mass is 852 g/mol. The van der Waals surface area contributed by atoms with Crippen LogP contribution in [0.3, 0.4) is 0 Å². The number of esters is 1. The summed E-state index contributed by atoms with van der Waals surface area (Å²) in [6, 6.07) is 5.71. The van der Waals surface area contributed by atoms with Gasteiger partial charge in [0, 0.05) is 41.1 Å². The number of thioether (sulfide) groups is 1. The molecule has 0 bridgehead atoms. The highest BCUT2D eigenvalue weighted by Gasteiger charge is 2.56. The molecule has 3 saturated heterocycles. The fourth-order valence-electron chi connectivity index (χ4n) is 6.87. The molecule has 4 rings (SSSR count). The van der Waals surface area contributed by atoms with Gasteiger partial charge < -0.3 is 52.5 Å². The summed E-state index contributed by atoms with van der Waals surface area (Å²) in [5.74, 6) is -0.797. The van der Waals surface area contributed by atoms with Crippen molar-refractivity contribution in [2.75, 3.05) is 46.8 Å². The molecule has 3 heterocycles. The zero-order valence-electron chi connectivity index (χ0n) is 35.2. The SMILES string of the molecule is CCCCOC1[C@H](OCCCC)CO[C@H](O[C@@H]2C(C(=O)OC)O[C@@H](O[C@@H]3CO[C@@H](Sc4ccc(C)cc4)[C@@H](N=[N+]=[N-])C3O)[C@@H](OCCCC)C2OCCCC)[C@H]1N=[N+]=[N-]. The number of rotatable bonds is 25. The predicted octanol–water partition coefficient (Wildman–Crippen LogP) is 6.93. The van der Waals surface area contributed by atoms with Crippen molar-refractivity contribution in [3.05, 3.63) is 50.7 Å². The maximum absolute atomic E-state index is 13.7. The fourth-order valence-corrected chi connectivity index (χ4v) is 7.93. The summed E-state index contributed by atoms with van der Waals surface area (Å²) < 4.78 is 62.7. The Morgan fingerprint density at radius 1 is 0.746 bits per heavy atom. The molecule has 59 heavy (non-hydrogen) atoms. The van der Waals surface area contributed by atoms with Crippen molar-refractivity contribution < 1.29 is 57.3 Å². The first-order chi connectivity index (χ1) is 28.7. The maximum atomic E-state index is 13.7. The van der Waals surface area contributed by atoms with Gasteiger partial charge in [0.05, 0.1) is 32.5 Å². The minimum Gasteiger partial charge on any atom is -0.467 e. The van der Waals surface area contributed by atoms with Gasteiger partial charge in [0.2, 0.25) is 0 Å². The van der Waals surface area contributed by atoms with Gasteiger partial charge in [-0.25, -0.2) is 4.79 Å². The van der Waals surface area contributed by atoms with Crippen molar-refractivity contribution in [3.63, 3.8) is 0 Å². The van der Waals surface area contributed by atoms with Crippen LogP contribution in [0.25, 0.3) is 20.9 Å². The second kappa shape index (κ2) is 26.6.